The molecule has 1 amide bonds. The molecule has 6 heteroatoms. The SMILES string of the molecule is CCc1onc(C)c1C(=O)Nc1ccc(O[C@H]2CCCC[C@H]2O)cc1. The third-order valence-corrected chi connectivity index (χ3v) is 4.55. The predicted octanol–water partition coefficient (Wildman–Crippen LogP) is 3.48. The smallest absolute Gasteiger partial charge is 0.261 e. The average molecular weight is 344 g/mol. The van der Waals surface area contributed by atoms with Crippen molar-refractivity contribution in [2.75, 3.05) is 5.32 Å². The lowest BCUT2D eigenvalue weighted by atomic mass is 9.95. The van der Waals surface area contributed by atoms with Crippen LogP contribution in [0.1, 0.15) is 54.4 Å². The highest BCUT2D eigenvalue weighted by atomic mass is 16.5. The number of carbonyl (C=O) groups is 1. The van der Waals surface area contributed by atoms with E-state index in [9.17, 15) is 9.90 Å². The van der Waals surface area contributed by atoms with E-state index in [1.54, 1.807) is 31.2 Å². The molecule has 0 bridgehead atoms. The summed E-state index contributed by atoms with van der Waals surface area (Å²) in [5.41, 5.74) is 1.75. The third-order valence-electron chi connectivity index (χ3n) is 4.55. The number of hydrogen-bond acceptors (Lipinski definition) is 5. The molecule has 0 aliphatic heterocycles. The van der Waals surface area contributed by atoms with Gasteiger partial charge in [-0.05, 0) is 50.5 Å². The first-order valence-electron chi connectivity index (χ1n) is 8.79. The van der Waals surface area contributed by atoms with Crippen molar-refractivity contribution in [3.8, 4) is 5.75 Å². The van der Waals surface area contributed by atoms with Crippen molar-refractivity contribution in [3.05, 3.63) is 41.3 Å². The molecule has 6 nitrogen and oxygen atoms in total. The Morgan fingerprint density at radius 2 is 2.04 bits per heavy atom. The number of amides is 1. The van der Waals surface area contributed by atoms with Crippen molar-refractivity contribution < 1.29 is 19.2 Å². The van der Waals surface area contributed by atoms with Gasteiger partial charge in [-0.3, -0.25) is 4.79 Å². The lowest BCUT2D eigenvalue weighted by Gasteiger charge is -2.28. The number of nitrogens with one attached hydrogen (secondary N) is 1. The van der Waals surface area contributed by atoms with Crippen LogP contribution in [0, 0.1) is 6.92 Å². The maximum Gasteiger partial charge on any atom is 0.261 e. The number of aliphatic hydroxyl groups excluding tert-OH is 1. The van der Waals surface area contributed by atoms with E-state index in [-0.39, 0.29) is 12.0 Å². The first kappa shape index (κ1) is 17.5. The van der Waals surface area contributed by atoms with Gasteiger partial charge in [0, 0.05) is 12.1 Å². The monoisotopic (exact) mass is 344 g/mol. The van der Waals surface area contributed by atoms with Crippen LogP contribution in [-0.4, -0.2) is 28.4 Å². The molecule has 1 aromatic heterocycles. The summed E-state index contributed by atoms with van der Waals surface area (Å²) in [4.78, 5) is 12.4. The molecule has 3 rings (SSSR count). The lowest BCUT2D eigenvalue weighted by Crippen LogP contribution is -2.34. The van der Waals surface area contributed by atoms with Crippen LogP contribution < -0.4 is 10.1 Å². The maximum atomic E-state index is 12.4. The van der Waals surface area contributed by atoms with Gasteiger partial charge in [0.15, 0.2) is 0 Å². The van der Waals surface area contributed by atoms with Crippen LogP contribution in [-0.2, 0) is 6.42 Å². The molecule has 0 radical (unpaired) electrons. The van der Waals surface area contributed by atoms with Crippen LogP contribution in [0.15, 0.2) is 28.8 Å². The minimum absolute atomic E-state index is 0.152. The van der Waals surface area contributed by atoms with E-state index < -0.39 is 6.10 Å². The van der Waals surface area contributed by atoms with Crippen LogP contribution in [0.2, 0.25) is 0 Å². The molecule has 0 saturated heterocycles. The highest BCUT2D eigenvalue weighted by molar-refractivity contribution is 6.05. The summed E-state index contributed by atoms with van der Waals surface area (Å²) in [5, 5.41) is 16.7. The molecular weight excluding hydrogens is 320 g/mol. The standard InChI is InChI=1S/C19H24N2O4/c1-3-16-18(12(2)21-25-16)19(23)20-13-8-10-14(11-9-13)24-17-7-5-4-6-15(17)22/h8-11,15,17,22H,3-7H2,1-2H3,(H,20,23)/t15-,17+/m1/s1. The number of aliphatic hydroxyl groups is 1. The lowest BCUT2D eigenvalue weighted by molar-refractivity contribution is 0.00688. The second-order valence-corrected chi connectivity index (χ2v) is 6.41. The van der Waals surface area contributed by atoms with Crippen LogP contribution in [0.4, 0.5) is 5.69 Å². The van der Waals surface area contributed by atoms with E-state index in [1.807, 2.05) is 6.92 Å². The largest absolute Gasteiger partial charge is 0.488 e. The molecule has 1 aromatic carbocycles. The molecule has 1 saturated carbocycles. The Morgan fingerprint density at radius 1 is 1.32 bits per heavy atom. The van der Waals surface area contributed by atoms with Gasteiger partial charge >= 0.3 is 0 Å². The molecule has 134 valence electrons. The highest BCUT2D eigenvalue weighted by Crippen LogP contribution is 2.25. The third kappa shape index (κ3) is 4.02. The summed E-state index contributed by atoms with van der Waals surface area (Å²) >= 11 is 0. The number of benzene rings is 1. The molecule has 1 aliphatic carbocycles. The van der Waals surface area contributed by atoms with Crippen molar-refractivity contribution in [1.29, 1.82) is 0 Å². The van der Waals surface area contributed by atoms with Crippen LogP contribution in [0.5, 0.6) is 5.75 Å². The van der Waals surface area contributed by atoms with Gasteiger partial charge in [0.05, 0.1) is 11.8 Å². The molecule has 1 fully saturated rings. The number of aromatic nitrogens is 1. The maximum absolute atomic E-state index is 12.4. The fraction of sp³-hybridized carbons (Fsp3) is 0.474. The fourth-order valence-electron chi connectivity index (χ4n) is 3.15. The Bertz CT molecular complexity index is 724. The zero-order valence-corrected chi connectivity index (χ0v) is 14.6. The molecule has 2 atom stereocenters. The minimum atomic E-state index is -0.405. The van der Waals surface area contributed by atoms with E-state index in [0.717, 1.165) is 25.7 Å². The van der Waals surface area contributed by atoms with E-state index in [2.05, 4.69) is 10.5 Å². The zero-order chi connectivity index (χ0) is 17.8. The van der Waals surface area contributed by atoms with E-state index in [1.165, 1.54) is 0 Å². The van der Waals surface area contributed by atoms with Gasteiger partial charge in [-0.15, -0.1) is 0 Å². The van der Waals surface area contributed by atoms with Gasteiger partial charge in [-0.25, -0.2) is 0 Å². The number of hydrogen-bond donors (Lipinski definition) is 2. The Kier molecular flexibility index (Phi) is 5.38. The number of ether oxygens (including phenoxy) is 1. The van der Waals surface area contributed by atoms with Gasteiger partial charge in [-0.2, -0.15) is 0 Å². The van der Waals surface area contributed by atoms with E-state index >= 15 is 0 Å². The van der Waals surface area contributed by atoms with Gasteiger partial charge in [0.2, 0.25) is 0 Å². The predicted molar refractivity (Wildman–Crippen MR) is 93.9 cm³/mol. The average Bonchev–Trinajstić information content (AvgIpc) is 2.99. The number of carbonyl (C=O) groups excluding carboxylic acids is 1. The van der Waals surface area contributed by atoms with Crippen molar-refractivity contribution in [2.24, 2.45) is 0 Å². The summed E-state index contributed by atoms with van der Waals surface area (Å²) in [6, 6.07) is 7.18. The van der Waals surface area contributed by atoms with Crippen molar-refractivity contribution >= 4 is 11.6 Å². The Labute approximate surface area is 147 Å². The second-order valence-electron chi connectivity index (χ2n) is 6.41. The van der Waals surface area contributed by atoms with Gasteiger partial charge in [0.25, 0.3) is 5.91 Å². The summed E-state index contributed by atoms with van der Waals surface area (Å²) in [5.74, 6) is 1.05. The summed E-state index contributed by atoms with van der Waals surface area (Å²) in [6.45, 7) is 3.67. The van der Waals surface area contributed by atoms with Gasteiger partial charge < -0.3 is 19.7 Å². The summed E-state index contributed by atoms with van der Waals surface area (Å²) in [6.07, 6.45) is 3.84. The molecule has 2 aromatic rings. The number of anilines is 1. The van der Waals surface area contributed by atoms with Gasteiger partial charge in [-0.1, -0.05) is 18.5 Å². The van der Waals surface area contributed by atoms with E-state index in [0.29, 0.717) is 34.9 Å². The molecule has 1 heterocycles. The molecule has 0 spiro atoms. The minimum Gasteiger partial charge on any atom is -0.488 e. The Hall–Kier alpha value is -2.34. The second kappa shape index (κ2) is 7.70. The number of aryl methyl sites for hydroxylation is 2. The topological polar surface area (TPSA) is 84.6 Å². The fourth-order valence-corrected chi connectivity index (χ4v) is 3.15. The molecule has 1 aliphatic rings. The van der Waals surface area contributed by atoms with Crippen LogP contribution in [0.3, 0.4) is 0 Å². The first-order valence-corrected chi connectivity index (χ1v) is 8.79. The highest BCUT2D eigenvalue weighted by Gasteiger charge is 2.24. The molecule has 0 unspecified atom stereocenters. The van der Waals surface area contributed by atoms with Crippen LogP contribution in [0.25, 0.3) is 0 Å². The quantitative estimate of drug-likeness (QED) is 0.867. The number of nitrogens with zero attached hydrogens (tertiary/aromatic N) is 1. The summed E-state index contributed by atoms with van der Waals surface area (Å²) in [7, 11) is 0. The Morgan fingerprint density at radius 3 is 2.72 bits per heavy atom. The van der Waals surface area contributed by atoms with E-state index in [4.69, 9.17) is 9.26 Å². The van der Waals surface area contributed by atoms with Crippen molar-refractivity contribution in [1.82, 2.24) is 5.16 Å². The molecule has 2 N–H and O–H groups in total. The van der Waals surface area contributed by atoms with Crippen molar-refractivity contribution in [3.63, 3.8) is 0 Å². The molecule has 25 heavy (non-hydrogen) atoms. The Balaban J connectivity index is 1.64. The van der Waals surface area contributed by atoms with Crippen molar-refractivity contribution in [2.45, 2.75) is 58.2 Å². The first-order chi connectivity index (χ1) is 12.1. The van der Waals surface area contributed by atoms with Gasteiger partial charge in [0.1, 0.15) is 23.2 Å². The van der Waals surface area contributed by atoms with Crippen LogP contribution >= 0.6 is 0 Å². The zero-order valence-electron chi connectivity index (χ0n) is 14.6. The molecular formula is C19H24N2O4. The summed E-state index contributed by atoms with van der Waals surface area (Å²) < 4.78 is 11.0. The number of rotatable bonds is 5. The normalized spacial score (nSPS) is 20.3.